The average molecular weight is 264 g/mol. The first-order chi connectivity index (χ1) is 8.84. The number of rotatable bonds is 4. The van der Waals surface area contributed by atoms with Gasteiger partial charge in [0.1, 0.15) is 0 Å². The molecule has 0 aliphatic rings. The van der Waals surface area contributed by atoms with Gasteiger partial charge in [-0.1, -0.05) is 25.3 Å². The van der Waals surface area contributed by atoms with Gasteiger partial charge < -0.3 is 4.42 Å². The van der Waals surface area contributed by atoms with Crippen molar-refractivity contribution >= 4 is 23.8 Å². The molecule has 0 spiro atoms. The predicted molar refractivity (Wildman–Crippen MR) is 77.6 cm³/mol. The number of hydrogen-bond donors (Lipinski definition) is 0. The minimum Gasteiger partial charge on any atom is -0.450 e. The van der Waals surface area contributed by atoms with Gasteiger partial charge in [-0.3, -0.25) is 0 Å². The van der Waals surface area contributed by atoms with E-state index in [0.717, 1.165) is 0 Å². The highest BCUT2D eigenvalue weighted by Crippen LogP contribution is 2.37. The SMILES string of the molecule is C=Cc1c(C(F)=C(C)C)oc(C(F)=C(C)C)c1C=C. The van der Waals surface area contributed by atoms with E-state index in [1.165, 1.54) is 12.2 Å². The summed E-state index contributed by atoms with van der Waals surface area (Å²) >= 11 is 0. The molecule has 0 aliphatic heterocycles. The third-order valence-corrected chi connectivity index (χ3v) is 2.67. The van der Waals surface area contributed by atoms with Gasteiger partial charge in [-0.15, -0.1) is 0 Å². The van der Waals surface area contributed by atoms with Crippen molar-refractivity contribution in [3.05, 3.63) is 47.0 Å². The number of allylic oxidation sites excluding steroid dienone is 2. The normalized spacial score (nSPS) is 10.0. The van der Waals surface area contributed by atoms with Crippen molar-refractivity contribution in [1.82, 2.24) is 0 Å². The maximum Gasteiger partial charge on any atom is 0.171 e. The summed E-state index contributed by atoms with van der Waals surface area (Å²) in [4.78, 5) is 0. The Bertz CT molecular complexity index is 528. The van der Waals surface area contributed by atoms with Crippen molar-refractivity contribution < 1.29 is 13.2 Å². The lowest BCUT2D eigenvalue weighted by Crippen LogP contribution is -1.83. The van der Waals surface area contributed by atoms with E-state index in [-0.39, 0.29) is 11.5 Å². The Hall–Kier alpha value is -1.90. The van der Waals surface area contributed by atoms with Gasteiger partial charge in [0.2, 0.25) is 0 Å². The lowest BCUT2D eigenvalue weighted by atomic mass is 10.1. The molecule has 0 fully saturated rings. The second kappa shape index (κ2) is 5.83. The van der Waals surface area contributed by atoms with Crippen LogP contribution in [0.2, 0.25) is 0 Å². The van der Waals surface area contributed by atoms with Crippen LogP contribution in [-0.2, 0) is 0 Å². The monoisotopic (exact) mass is 264 g/mol. The zero-order valence-corrected chi connectivity index (χ0v) is 11.7. The van der Waals surface area contributed by atoms with Crippen LogP contribution in [0.3, 0.4) is 0 Å². The van der Waals surface area contributed by atoms with Gasteiger partial charge in [0, 0.05) is 11.1 Å². The van der Waals surface area contributed by atoms with Crippen molar-refractivity contribution in [2.75, 3.05) is 0 Å². The number of furan rings is 1. The van der Waals surface area contributed by atoms with Crippen molar-refractivity contribution in [2.24, 2.45) is 0 Å². The molecule has 0 aromatic carbocycles. The van der Waals surface area contributed by atoms with Gasteiger partial charge in [-0.25, -0.2) is 8.78 Å². The number of hydrogen-bond acceptors (Lipinski definition) is 1. The van der Waals surface area contributed by atoms with Crippen LogP contribution in [-0.4, -0.2) is 0 Å². The molecule has 0 unspecified atom stereocenters. The maximum absolute atomic E-state index is 14.1. The molecule has 3 heteroatoms. The molecule has 0 saturated heterocycles. The summed E-state index contributed by atoms with van der Waals surface area (Å²) in [5.74, 6) is -1.02. The molecule has 1 rings (SSSR count). The van der Waals surface area contributed by atoms with Crippen LogP contribution < -0.4 is 0 Å². The van der Waals surface area contributed by atoms with Crippen LogP contribution >= 0.6 is 0 Å². The van der Waals surface area contributed by atoms with Gasteiger partial charge in [0.25, 0.3) is 0 Å². The van der Waals surface area contributed by atoms with E-state index < -0.39 is 11.7 Å². The smallest absolute Gasteiger partial charge is 0.171 e. The third kappa shape index (κ3) is 2.75. The zero-order valence-electron chi connectivity index (χ0n) is 11.7. The lowest BCUT2D eigenvalue weighted by Gasteiger charge is -1.98. The molecule has 0 amide bonds. The minimum absolute atomic E-state index is 0.00343. The summed E-state index contributed by atoms with van der Waals surface area (Å²) in [6.07, 6.45) is 2.89. The van der Waals surface area contributed by atoms with Gasteiger partial charge >= 0.3 is 0 Å². The molecule has 0 atom stereocenters. The molecule has 1 heterocycles. The molecule has 19 heavy (non-hydrogen) atoms. The molecule has 0 saturated carbocycles. The van der Waals surface area contributed by atoms with E-state index in [1.807, 2.05) is 0 Å². The molecule has 1 nitrogen and oxygen atoms in total. The first-order valence-electron chi connectivity index (χ1n) is 5.93. The first-order valence-corrected chi connectivity index (χ1v) is 5.93. The van der Waals surface area contributed by atoms with E-state index in [4.69, 9.17) is 4.42 Å². The molecule has 1 aromatic heterocycles. The maximum atomic E-state index is 14.1. The fraction of sp³-hybridized carbons (Fsp3) is 0.250. The van der Waals surface area contributed by atoms with Gasteiger partial charge in [0.05, 0.1) is 0 Å². The van der Waals surface area contributed by atoms with Crippen molar-refractivity contribution in [2.45, 2.75) is 27.7 Å². The summed E-state index contributed by atoms with van der Waals surface area (Å²) < 4.78 is 33.5. The molecule has 0 radical (unpaired) electrons. The third-order valence-electron chi connectivity index (χ3n) is 2.67. The fourth-order valence-corrected chi connectivity index (χ4v) is 1.64. The fourth-order valence-electron chi connectivity index (χ4n) is 1.64. The largest absolute Gasteiger partial charge is 0.450 e. The number of halogens is 2. The van der Waals surface area contributed by atoms with Crippen molar-refractivity contribution in [1.29, 1.82) is 0 Å². The lowest BCUT2D eigenvalue weighted by molar-refractivity contribution is 0.500. The molecule has 0 aliphatic carbocycles. The van der Waals surface area contributed by atoms with E-state index in [1.54, 1.807) is 27.7 Å². The molecular formula is C16H18F2O. The van der Waals surface area contributed by atoms with E-state index >= 15 is 0 Å². The minimum atomic E-state index is -0.509. The van der Waals surface area contributed by atoms with Crippen LogP contribution in [0.5, 0.6) is 0 Å². The predicted octanol–water partition coefficient (Wildman–Crippen LogP) is 6.01. The van der Waals surface area contributed by atoms with Crippen molar-refractivity contribution in [3.8, 4) is 0 Å². The van der Waals surface area contributed by atoms with Crippen LogP contribution in [0.4, 0.5) is 8.78 Å². The standard InChI is InChI=1S/C16H18F2O/c1-7-11-12(8-2)16(14(18)10(5)6)19-15(11)13(17)9(3)4/h7-8H,1-2H2,3-6H3. The summed E-state index contributed by atoms with van der Waals surface area (Å²) in [7, 11) is 0. The van der Waals surface area contributed by atoms with Gasteiger partial charge in [-0.05, 0) is 38.8 Å². The first kappa shape index (κ1) is 15.2. The highest BCUT2D eigenvalue weighted by atomic mass is 19.1. The topological polar surface area (TPSA) is 13.1 Å². The Morgan fingerprint density at radius 1 is 0.842 bits per heavy atom. The highest BCUT2D eigenvalue weighted by Gasteiger charge is 2.23. The van der Waals surface area contributed by atoms with Crippen LogP contribution in [0.15, 0.2) is 28.7 Å². The summed E-state index contributed by atoms with van der Waals surface area (Å²) in [5, 5.41) is 0. The van der Waals surface area contributed by atoms with Crippen LogP contribution in [0, 0.1) is 0 Å². The second-order valence-electron chi connectivity index (χ2n) is 4.62. The zero-order chi connectivity index (χ0) is 14.7. The average Bonchev–Trinajstić information content (AvgIpc) is 2.74. The van der Waals surface area contributed by atoms with Crippen molar-refractivity contribution in [3.63, 3.8) is 0 Å². The van der Waals surface area contributed by atoms with E-state index in [0.29, 0.717) is 22.3 Å². The quantitative estimate of drug-likeness (QED) is 0.649. The summed E-state index contributed by atoms with van der Waals surface area (Å²) in [6, 6.07) is 0. The summed E-state index contributed by atoms with van der Waals surface area (Å²) in [6.45, 7) is 13.7. The van der Waals surface area contributed by atoms with Crippen LogP contribution in [0.25, 0.3) is 23.8 Å². The van der Waals surface area contributed by atoms with Gasteiger partial charge in [-0.2, -0.15) is 0 Å². The Morgan fingerprint density at radius 2 is 1.16 bits per heavy atom. The summed E-state index contributed by atoms with van der Waals surface area (Å²) in [5.41, 5.74) is 1.74. The van der Waals surface area contributed by atoms with Crippen LogP contribution in [0.1, 0.15) is 50.3 Å². The second-order valence-corrected chi connectivity index (χ2v) is 4.62. The highest BCUT2D eigenvalue weighted by molar-refractivity contribution is 5.80. The molecular weight excluding hydrogens is 246 g/mol. The van der Waals surface area contributed by atoms with E-state index in [2.05, 4.69) is 13.2 Å². The molecule has 0 N–H and O–H groups in total. The Kier molecular flexibility index (Phi) is 4.65. The van der Waals surface area contributed by atoms with Gasteiger partial charge in [0.15, 0.2) is 23.2 Å². The Labute approximate surface area is 112 Å². The molecule has 0 bridgehead atoms. The molecule has 102 valence electrons. The Balaban J connectivity index is 3.72. The molecule has 1 aromatic rings. The van der Waals surface area contributed by atoms with E-state index in [9.17, 15) is 8.78 Å². The Morgan fingerprint density at radius 3 is 1.37 bits per heavy atom.